The second-order valence-electron chi connectivity index (χ2n) is 4.98. The van der Waals surface area contributed by atoms with Crippen LogP contribution < -0.4 is 4.74 Å². The highest BCUT2D eigenvalue weighted by molar-refractivity contribution is 7.17. The van der Waals surface area contributed by atoms with E-state index in [0.29, 0.717) is 0 Å². The van der Waals surface area contributed by atoms with Crippen molar-refractivity contribution in [2.24, 2.45) is 0 Å². The summed E-state index contributed by atoms with van der Waals surface area (Å²) in [5.41, 5.74) is 2.36. The summed E-state index contributed by atoms with van der Waals surface area (Å²) in [6, 6.07) is 9.99. The van der Waals surface area contributed by atoms with Gasteiger partial charge in [0, 0.05) is 11.4 Å². The van der Waals surface area contributed by atoms with Crippen LogP contribution in [-0.2, 0) is 6.54 Å². The summed E-state index contributed by atoms with van der Waals surface area (Å²) in [4.78, 5) is 15.5. The van der Waals surface area contributed by atoms with Gasteiger partial charge >= 0.3 is 0 Å². The van der Waals surface area contributed by atoms with E-state index < -0.39 is 0 Å². The average Bonchev–Trinajstić information content (AvgIpc) is 2.87. The summed E-state index contributed by atoms with van der Waals surface area (Å²) in [7, 11) is 5.75. The molecule has 0 amide bonds. The van der Waals surface area contributed by atoms with Crippen LogP contribution in [0.3, 0.4) is 0 Å². The monoisotopic (exact) mass is 289 g/mol. The van der Waals surface area contributed by atoms with E-state index in [0.717, 1.165) is 27.6 Å². The topological polar surface area (TPSA) is 29.5 Å². The number of benzene rings is 1. The highest BCUT2D eigenvalue weighted by atomic mass is 32.1. The molecule has 1 aromatic carbocycles. The minimum Gasteiger partial charge on any atom is -0.497 e. The highest BCUT2D eigenvalue weighted by Gasteiger charge is 2.11. The van der Waals surface area contributed by atoms with E-state index in [4.69, 9.17) is 4.74 Å². The van der Waals surface area contributed by atoms with Crippen molar-refractivity contribution < 1.29 is 9.53 Å². The van der Waals surface area contributed by atoms with Crippen molar-refractivity contribution in [2.45, 2.75) is 13.5 Å². The minimum absolute atomic E-state index is 0.115. The van der Waals surface area contributed by atoms with Crippen LogP contribution in [0.4, 0.5) is 0 Å². The van der Waals surface area contributed by atoms with E-state index in [1.165, 1.54) is 16.9 Å². The second kappa shape index (κ2) is 6.20. The Morgan fingerprint density at radius 1 is 1.25 bits per heavy atom. The third-order valence-electron chi connectivity index (χ3n) is 3.02. The molecule has 106 valence electrons. The molecular formula is C16H19NO2S. The van der Waals surface area contributed by atoms with Gasteiger partial charge in [0.15, 0.2) is 5.78 Å². The molecule has 1 aromatic heterocycles. The minimum atomic E-state index is 0.115. The molecule has 0 aliphatic rings. The molecule has 0 spiro atoms. The van der Waals surface area contributed by atoms with Crippen molar-refractivity contribution in [2.75, 3.05) is 21.2 Å². The van der Waals surface area contributed by atoms with Gasteiger partial charge in [-0.2, -0.15) is 0 Å². The van der Waals surface area contributed by atoms with Crippen LogP contribution in [0.15, 0.2) is 30.3 Å². The lowest BCUT2D eigenvalue weighted by atomic mass is 10.1. The zero-order valence-corrected chi connectivity index (χ0v) is 13.1. The number of hydrogen-bond donors (Lipinski definition) is 0. The smallest absolute Gasteiger partial charge is 0.169 e. The average molecular weight is 289 g/mol. The Bertz CT molecular complexity index is 617. The number of Topliss-reactive ketones (excluding diaryl/α,β-unsaturated/α-hetero) is 1. The number of nitrogens with zero attached hydrogens (tertiary/aromatic N) is 1. The SMILES string of the molecule is COc1ccc(-c2ccc(C(C)=O)s2)c(CN(C)C)c1. The lowest BCUT2D eigenvalue weighted by Gasteiger charge is -2.14. The Labute approximate surface area is 123 Å². The third kappa shape index (κ3) is 3.26. The van der Waals surface area contributed by atoms with Crippen LogP contribution in [-0.4, -0.2) is 31.9 Å². The molecule has 3 nitrogen and oxygen atoms in total. The molecule has 0 N–H and O–H groups in total. The predicted octanol–water partition coefficient (Wildman–Crippen LogP) is 3.69. The Balaban J connectivity index is 2.45. The van der Waals surface area contributed by atoms with Crippen LogP contribution in [0, 0.1) is 0 Å². The van der Waals surface area contributed by atoms with Gasteiger partial charge < -0.3 is 9.64 Å². The van der Waals surface area contributed by atoms with Crippen molar-refractivity contribution in [3.8, 4) is 16.2 Å². The van der Waals surface area contributed by atoms with Gasteiger partial charge in [-0.15, -0.1) is 11.3 Å². The molecule has 0 aliphatic heterocycles. The van der Waals surface area contributed by atoms with Crippen LogP contribution >= 0.6 is 11.3 Å². The summed E-state index contributed by atoms with van der Waals surface area (Å²) in [6.45, 7) is 2.43. The first kappa shape index (κ1) is 14.8. The van der Waals surface area contributed by atoms with Gasteiger partial charge in [0.2, 0.25) is 0 Å². The molecule has 0 fully saturated rings. The fourth-order valence-corrected chi connectivity index (χ4v) is 3.04. The maximum Gasteiger partial charge on any atom is 0.169 e. The van der Waals surface area contributed by atoms with E-state index in [2.05, 4.69) is 17.0 Å². The van der Waals surface area contributed by atoms with E-state index in [1.54, 1.807) is 14.0 Å². The molecule has 0 atom stereocenters. The summed E-state index contributed by atoms with van der Waals surface area (Å²) < 4.78 is 5.30. The largest absolute Gasteiger partial charge is 0.497 e. The molecular weight excluding hydrogens is 270 g/mol. The first-order chi connectivity index (χ1) is 9.51. The number of methoxy groups -OCH3 is 1. The molecule has 0 saturated carbocycles. The maximum absolute atomic E-state index is 11.4. The fraction of sp³-hybridized carbons (Fsp3) is 0.312. The molecule has 2 aromatic rings. The molecule has 0 bridgehead atoms. The lowest BCUT2D eigenvalue weighted by Crippen LogP contribution is -2.11. The van der Waals surface area contributed by atoms with Gasteiger partial charge in [0.25, 0.3) is 0 Å². The van der Waals surface area contributed by atoms with E-state index >= 15 is 0 Å². The molecule has 0 aliphatic carbocycles. The number of carbonyl (C=O) groups excluding carboxylic acids is 1. The maximum atomic E-state index is 11.4. The van der Waals surface area contributed by atoms with Gasteiger partial charge in [-0.3, -0.25) is 4.79 Å². The van der Waals surface area contributed by atoms with Crippen LogP contribution in [0.1, 0.15) is 22.2 Å². The molecule has 20 heavy (non-hydrogen) atoms. The zero-order valence-electron chi connectivity index (χ0n) is 12.3. The number of rotatable bonds is 5. The summed E-state index contributed by atoms with van der Waals surface area (Å²) >= 11 is 1.54. The number of ether oxygens (including phenoxy) is 1. The van der Waals surface area contributed by atoms with Crippen molar-refractivity contribution >= 4 is 17.1 Å². The number of thiophene rings is 1. The third-order valence-corrected chi connectivity index (χ3v) is 4.24. The molecule has 2 rings (SSSR count). The van der Waals surface area contributed by atoms with E-state index in [9.17, 15) is 4.79 Å². The summed E-state index contributed by atoms with van der Waals surface area (Å²) in [5, 5.41) is 0. The first-order valence-electron chi connectivity index (χ1n) is 6.44. The number of ketones is 1. The van der Waals surface area contributed by atoms with E-state index in [-0.39, 0.29) is 5.78 Å². The van der Waals surface area contributed by atoms with E-state index in [1.807, 2.05) is 32.3 Å². The quantitative estimate of drug-likeness (QED) is 0.786. The Morgan fingerprint density at radius 2 is 2.00 bits per heavy atom. The first-order valence-corrected chi connectivity index (χ1v) is 7.25. The fourth-order valence-electron chi connectivity index (χ4n) is 2.08. The van der Waals surface area contributed by atoms with Crippen LogP contribution in [0.5, 0.6) is 5.75 Å². The number of carbonyl (C=O) groups is 1. The molecule has 0 saturated heterocycles. The van der Waals surface area contributed by atoms with Gasteiger partial charge in [-0.25, -0.2) is 0 Å². The van der Waals surface area contributed by atoms with Crippen molar-refractivity contribution in [1.29, 1.82) is 0 Å². The standard InChI is InChI=1S/C16H19NO2S/c1-11(18)15-7-8-16(20-15)14-6-5-13(19-4)9-12(14)10-17(2)3/h5-9H,10H2,1-4H3. The molecule has 1 heterocycles. The highest BCUT2D eigenvalue weighted by Crippen LogP contribution is 2.33. The molecule has 0 radical (unpaired) electrons. The molecule has 0 unspecified atom stereocenters. The Kier molecular flexibility index (Phi) is 4.57. The second-order valence-corrected chi connectivity index (χ2v) is 6.06. The zero-order chi connectivity index (χ0) is 14.7. The van der Waals surface area contributed by atoms with Crippen LogP contribution in [0.25, 0.3) is 10.4 Å². The van der Waals surface area contributed by atoms with Crippen molar-refractivity contribution in [3.05, 3.63) is 40.8 Å². The van der Waals surface area contributed by atoms with Gasteiger partial charge in [-0.1, -0.05) is 0 Å². The Hall–Kier alpha value is -1.65. The number of hydrogen-bond acceptors (Lipinski definition) is 4. The molecule has 4 heteroatoms. The van der Waals surface area contributed by atoms with Crippen molar-refractivity contribution in [1.82, 2.24) is 4.90 Å². The van der Waals surface area contributed by atoms with Gasteiger partial charge in [0.1, 0.15) is 5.75 Å². The van der Waals surface area contributed by atoms with Gasteiger partial charge in [-0.05, 0) is 62.5 Å². The lowest BCUT2D eigenvalue weighted by molar-refractivity contribution is 0.102. The van der Waals surface area contributed by atoms with Crippen molar-refractivity contribution in [3.63, 3.8) is 0 Å². The normalized spacial score (nSPS) is 10.8. The van der Waals surface area contributed by atoms with Crippen LogP contribution in [0.2, 0.25) is 0 Å². The Morgan fingerprint density at radius 3 is 2.55 bits per heavy atom. The van der Waals surface area contributed by atoms with Gasteiger partial charge in [0.05, 0.1) is 12.0 Å². The predicted molar refractivity (Wildman–Crippen MR) is 83.7 cm³/mol. The summed E-state index contributed by atoms with van der Waals surface area (Å²) in [6.07, 6.45) is 0. The summed E-state index contributed by atoms with van der Waals surface area (Å²) in [5.74, 6) is 0.970.